The van der Waals surface area contributed by atoms with Gasteiger partial charge in [-0.3, -0.25) is 10.1 Å². The lowest BCUT2D eigenvalue weighted by Gasteiger charge is -2.20. The zero-order valence-electron chi connectivity index (χ0n) is 17.0. The molecule has 0 N–H and O–H groups in total. The van der Waals surface area contributed by atoms with Gasteiger partial charge in [-0.25, -0.2) is 8.42 Å². The van der Waals surface area contributed by atoms with Crippen molar-refractivity contribution in [1.29, 1.82) is 0 Å². The van der Waals surface area contributed by atoms with Crippen molar-refractivity contribution >= 4 is 27.5 Å². The molecule has 2 aliphatic rings. The number of sulfonamides is 1. The first kappa shape index (κ1) is 21.9. The Balaban J connectivity index is 1.62. The topological polar surface area (TPSA) is 99.0 Å². The number of benzene rings is 2. The van der Waals surface area contributed by atoms with Crippen LogP contribution in [0.2, 0.25) is 0 Å². The molecule has 0 bridgehead atoms. The second kappa shape index (κ2) is 9.46. The van der Waals surface area contributed by atoms with Crippen LogP contribution in [0.3, 0.4) is 0 Å². The van der Waals surface area contributed by atoms with Crippen LogP contribution in [0.15, 0.2) is 51.1 Å². The van der Waals surface area contributed by atoms with Gasteiger partial charge in [-0.1, -0.05) is 24.6 Å². The quantitative estimate of drug-likeness (QED) is 0.475. The Bertz CT molecular complexity index is 1070. The molecule has 2 aromatic rings. The van der Waals surface area contributed by atoms with Crippen LogP contribution >= 0.6 is 11.8 Å². The number of ether oxygens (including phenoxy) is 2. The lowest BCUT2D eigenvalue weighted by atomic mass is 10.2. The predicted molar refractivity (Wildman–Crippen MR) is 116 cm³/mol. The van der Waals surface area contributed by atoms with E-state index in [4.69, 9.17) is 9.47 Å². The molecule has 2 heterocycles. The summed E-state index contributed by atoms with van der Waals surface area (Å²) in [6, 6.07) is 9.52. The molecule has 2 aromatic carbocycles. The van der Waals surface area contributed by atoms with Crippen molar-refractivity contribution in [2.75, 3.05) is 26.3 Å². The van der Waals surface area contributed by atoms with Gasteiger partial charge in [0.05, 0.1) is 27.9 Å². The van der Waals surface area contributed by atoms with Gasteiger partial charge in [0.25, 0.3) is 5.69 Å². The lowest BCUT2D eigenvalue weighted by Crippen LogP contribution is -2.31. The Kier molecular flexibility index (Phi) is 6.68. The SMILES string of the molecule is O=[N+]([O-])c1cc(S(=O)(=O)N2CCCCCC2)ccc1Sc1ccc2c(c1)OCCCO2. The Hall–Kier alpha value is -2.30. The maximum atomic E-state index is 13.0. The van der Waals surface area contributed by atoms with Gasteiger partial charge in [0.15, 0.2) is 11.5 Å². The highest BCUT2D eigenvalue weighted by Crippen LogP contribution is 2.40. The third kappa shape index (κ3) is 4.97. The third-order valence-electron chi connectivity index (χ3n) is 5.28. The van der Waals surface area contributed by atoms with Crippen LogP contribution in [0.25, 0.3) is 0 Å². The van der Waals surface area contributed by atoms with Crippen LogP contribution < -0.4 is 9.47 Å². The van der Waals surface area contributed by atoms with Crippen LogP contribution in [0, 0.1) is 10.1 Å². The zero-order chi connectivity index (χ0) is 21.8. The first-order valence-electron chi connectivity index (χ1n) is 10.3. The fraction of sp³-hybridized carbons (Fsp3) is 0.429. The van der Waals surface area contributed by atoms with Crippen molar-refractivity contribution in [3.63, 3.8) is 0 Å². The van der Waals surface area contributed by atoms with E-state index in [1.807, 2.05) is 6.07 Å². The van der Waals surface area contributed by atoms with Crippen molar-refractivity contribution in [3.8, 4) is 11.5 Å². The molecular weight excluding hydrogens is 440 g/mol. The van der Waals surface area contributed by atoms with Gasteiger partial charge < -0.3 is 9.47 Å². The minimum absolute atomic E-state index is 0.0379. The first-order valence-corrected chi connectivity index (χ1v) is 12.6. The number of hydrogen-bond acceptors (Lipinski definition) is 7. The molecule has 166 valence electrons. The average molecular weight is 465 g/mol. The number of rotatable bonds is 5. The molecule has 0 radical (unpaired) electrons. The minimum Gasteiger partial charge on any atom is -0.490 e. The van der Waals surface area contributed by atoms with E-state index in [0.717, 1.165) is 37.0 Å². The molecule has 0 saturated carbocycles. The standard InChI is InChI=1S/C21H24N2O6S2/c24-23(25)18-15-17(31(26,27)22-10-3-1-2-4-11-22)7-9-21(18)30-16-6-8-19-20(14-16)29-13-5-12-28-19/h6-9,14-15H,1-5,10-13H2. The van der Waals surface area contributed by atoms with E-state index < -0.39 is 14.9 Å². The normalized spacial score (nSPS) is 17.5. The van der Waals surface area contributed by atoms with Crippen molar-refractivity contribution < 1.29 is 22.8 Å². The van der Waals surface area contributed by atoms with Gasteiger partial charge >= 0.3 is 0 Å². The molecule has 0 spiro atoms. The Morgan fingerprint density at radius 3 is 2.32 bits per heavy atom. The van der Waals surface area contributed by atoms with E-state index in [9.17, 15) is 18.5 Å². The van der Waals surface area contributed by atoms with E-state index >= 15 is 0 Å². The molecule has 0 unspecified atom stereocenters. The van der Waals surface area contributed by atoms with Crippen LogP contribution in [-0.2, 0) is 10.0 Å². The van der Waals surface area contributed by atoms with Crippen LogP contribution in [0.4, 0.5) is 5.69 Å². The van der Waals surface area contributed by atoms with Gasteiger partial charge in [0.1, 0.15) is 0 Å². The highest BCUT2D eigenvalue weighted by Gasteiger charge is 2.28. The lowest BCUT2D eigenvalue weighted by molar-refractivity contribution is -0.388. The summed E-state index contributed by atoms with van der Waals surface area (Å²) in [5.74, 6) is 1.25. The predicted octanol–water partition coefficient (Wildman–Crippen LogP) is 4.47. The summed E-state index contributed by atoms with van der Waals surface area (Å²) >= 11 is 1.19. The van der Waals surface area contributed by atoms with Gasteiger partial charge in [-0.05, 0) is 43.2 Å². The van der Waals surface area contributed by atoms with Gasteiger partial charge in [-0.15, -0.1) is 0 Å². The van der Waals surface area contributed by atoms with Gasteiger partial charge in [-0.2, -0.15) is 4.31 Å². The number of nitrogens with zero attached hydrogens (tertiary/aromatic N) is 2. The monoisotopic (exact) mass is 464 g/mol. The van der Waals surface area contributed by atoms with Gasteiger partial charge in [0.2, 0.25) is 10.0 Å². The Morgan fingerprint density at radius 1 is 0.903 bits per heavy atom. The summed E-state index contributed by atoms with van der Waals surface area (Å²) in [7, 11) is -3.76. The molecule has 0 atom stereocenters. The molecule has 4 rings (SSSR count). The zero-order valence-corrected chi connectivity index (χ0v) is 18.6. The van der Waals surface area contributed by atoms with E-state index in [-0.39, 0.29) is 10.6 Å². The van der Waals surface area contributed by atoms with Crippen molar-refractivity contribution in [2.24, 2.45) is 0 Å². The molecule has 8 nitrogen and oxygen atoms in total. The second-order valence-corrected chi connectivity index (χ2v) is 10.5. The fourth-order valence-electron chi connectivity index (χ4n) is 3.65. The molecule has 0 aliphatic carbocycles. The fourth-order valence-corrected chi connectivity index (χ4v) is 6.12. The minimum atomic E-state index is -3.76. The maximum absolute atomic E-state index is 13.0. The van der Waals surface area contributed by atoms with Crippen molar-refractivity contribution in [2.45, 2.75) is 46.8 Å². The summed E-state index contributed by atoms with van der Waals surface area (Å²) < 4.78 is 38.8. The Labute approximate surface area is 185 Å². The van der Waals surface area contributed by atoms with E-state index in [1.54, 1.807) is 12.1 Å². The van der Waals surface area contributed by atoms with E-state index in [1.165, 1.54) is 34.3 Å². The largest absolute Gasteiger partial charge is 0.490 e. The van der Waals surface area contributed by atoms with Crippen molar-refractivity contribution in [3.05, 3.63) is 46.5 Å². The highest BCUT2D eigenvalue weighted by molar-refractivity contribution is 7.99. The summed E-state index contributed by atoms with van der Waals surface area (Å²) in [6.07, 6.45) is 4.39. The number of nitro benzene ring substituents is 1. The molecule has 31 heavy (non-hydrogen) atoms. The Morgan fingerprint density at radius 2 is 1.61 bits per heavy atom. The van der Waals surface area contributed by atoms with Crippen molar-refractivity contribution in [1.82, 2.24) is 4.31 Å². The molecule has 1 saturated heterocycles. The van der Waals surface area contributed by atoms with E-state index in [0.29, 0.717) is 42.7 Å². The first-order chi connectivity index (χ1) is 14.9. The molecule has 0 amide bonds. The molecule has 0 aromatic heterocycles. The summed E-state index contributed by atoms with van der Waals surface area (Å²) in [5.41, 5.74) is -0.229. The second-order valence-electron chi connectivity index (χ2n) is 7.47. The summed E-state index contributed by atoms with van der Waals surface area (Å²) in [5, 5.41) is 11.7. The average Bonchev–Trinajstić information content (AvgIpc) is 3.17. The molecule has 1 fully saturated rings. The van der Waals surface area contributed by atoms with E-state index in [2.05, 4.69) is 0 Å². The number of nitro groups is 1. The van der Waals surface area contributed by atoms with Crippen LogP contribution in [0.1, 0.15) is 32.1 Å². The van der Waals surface area contributed by atoms with Crippen LogP contribution in [0.5, 0.6) is 11.5 Å². The highest BCUT2D eigenvalue weighted by atomic mass is 32.2. The summed E-state index contributed by atoms with van der Waals surface area (Å²) in [6.45, 7) is 2.02. The number of hydrogen-bond donors (Lipinski definition) is 0. The molecule has 10 heteroatoms. The molecular formula is C21H24N2O6S2. The molecule has 2 aliphatic heterocycles. The van der Waals surface area contributed by atoms with Crippen LogP contribution in [-0.4, -0.2) is 43.9 Å². The third-order valence-corrected chi connectivity index (χ3v) is 8.23. The summed E-state index contributed by atoms with van der Waals surface area (Å²) in [4.78, 5) is 12.3. The maximum Gasteiger partial charge on any atom is 0.284 e. The van der Waals surface area contributed by atoms with Gasteiger partial charge in [0, 0.05) is 30.5 Å². The number of fused-ring (bicyclic) bond motifs is 1. The smallest absolute Gasteiger partial charge is 0.284 e.